The topological polar surface area (TPSA) is 52.0 Å². The third-order valence-corrected chi connectivity index (χ3v) is 1.99. The van der Waals surface area contributed by atoms with Crippen LogP contribution in [0.5, 0.6) is 0 Å². The van der Waals surface area contributed by atoms with Gasteiger partial charge in [-0.3, -0.25) is 0 Å². The maximum absolute atomic E-state index is 13.4. The first-order chi connectivity index (χ1) is 6.88. The molecule has 2 nitrogen and oxygen atoms in total. The summed E-state index contributed by atoms with van der Waals surface area (Å²) in [4.78, 5) is 0. The zero-order valence-electron chi connectivity index (χ0n) is 8.50. The first-order valence-corrected chi connectivity index (χ1v) is 4.19. The molecular weight excluding hydrogens is 283 g/mol. The largest absolute Gasteiger partial charge is 0.419 e. The fourth-order valence-corrected chi connectivity index (χ4v) is 1.18. The number of hydrogen-bond acceptors (Lipinski definition) is 2. The Morgan fingerprint density at radius 1 is 1.18 bits per heavy atom. The molecule has 0 aliphatic heterocycles. The van der Waals surface area contributed by atoms with Crippen LogP contribution in [0.3, 0.4) is 0 Å². The van der Waals surface area contributed by atoms with Gasteiger partial charge in [-0.2, -0.15) is 13.2 Å². The Morgan fingerprint density at radius 2 is 1.71 bits per heavy atom. The molecule has 0 unspecified atom stereocenters. The Bertz CT molecular complexity index is 357. The molecule has 0 radical (unpaired) electrons. The number of nitrogens with two attached hydrogens (primary N) is 2. The molecule has 1 aromatic rings. The molecule has 0 aromatic heterocycles. The summed E-state index contributed by atoms with van der Waals surface area (Å²) in [7, 11) is 0. The monoisotopic (exact) mass is 294 g/mol. The molecule has 1 rings (SSSR count). The van der Waals surface area contributed by atoms with Gasteiger partial charge in [0.25, 0.3) is 0 Å². The molecule has 17 heavy (non-hydrogen) atoms. The fourth-order valence-electron chi connectivity index (χ4n) is 1.18. The average molecular weight is 295 g/mol. The summed E-state index contributed by atoms with van der Waals surface area (Å²) in [6.45, 7) is -0.113. The summed E-state index contributed by atoms with van der Waals surface area (Å²) in [5, 5.41) is 0. The van der Waals surface area contributed by atoms with Gasteiger partial charge in [0.05, 0.1) is 5.56 Å². The van der Waals surface area contributed by atoms with Crippen LogP contribution in [-0.4, -0.2) is 6.54 Å². The van der Waals surface area contributed by atoms with Crippen LogP contribution >= 0.6 is 24.8 Å². The Balaban J connectivity index is 0. The van der Waals surface area contributed by atoms with Crippen molar-refractivity contribution in [3.63, 3.8) is 0 Å². The summed E-state index contributed by atoms with van der Waals surface area (Å²) in [6.07, 6.45) is -4.71. The molecule has 0 fully saturated rings. The van der Waals surface area contributed by atoms with E-state index in [1.165, 1.54) is 6.07 Å². The minimum atomic E-state index is -4.71. The number of rotatable bonds is 2. The molecule has 0 heterocycles. The molecule has 0 amide bonds. The Morgan fingerprint density at radius 3 is 2.12 bits per heavy atom. The molecule has 8 heteroatoms. The zero-order valence-corrected chi connectivity index (χ0v) is 10.1. The molecule has 0 bridgehead atoms. The number of benzene rings is 1. The van der Waals surface area contributed by atoms with Crippen molar-refractivity contribution < 1.29 is 17.6 Å². The van der Waals surface area contributed by atoms with Gasteiger partial charge >= 0.3 is 6.18 Å². The van der Waals surface area contributed by atoms with Crippen molar-refractivity contribution in [2.24, 2.45) is 11.5 Å². The third-order valence-electron chi connectivity index (χ3n) is 1.99. The molecule has 1 atom stereocenters. The van der Waals surface area contributed by atoms with E-state index < -0.39 is 23.6 Å². The van der Waals surface area contributed by atoms with Crippen molar-refractivity contribution in [3.05, 3.63) is 35.1 Å². The molecule has 0 saturated carbocycles. The van der Waals surface area contributed by atoms with E-state index in [9.17, 15) is 17.6 Å². The van der Waals surface area contributed by atoms with E-state index in [0.29, 0.717) is 6.07 Å². The standard InChI is InChI=1S/C9H10F4N2.2ClH/c10-8-5(7(15)4-14)2-1-3-6(8)9(11,12)13;;/h1-3,7H,4,14-15H2;2*1H/t7-;;/m1../s1. The van der Waals surface area contributed by atoms with Crippen LogP contribution in [0.4, 0.5) is 17.6 Å². The van der Waals surface area contributed by atoms with Crippen LogP contribution in [0.25, 0.3) is 0 Å². The first kappa shape index (κ1) is 18.8. The van der Waals surface area contributed by atoms with Crippen molar-refractivity contribution in [1.29, 1.82) is 0 Å². The predicted molar refractivity (Wildman–Crippen MR) is 61.9 cm³/mol. The molecule has 0 aliphatic rings. The van der Waals surface area contributed by atoms with E-state index >= 15 is 0 Å². The van der Waals surface area contributed by atoms with Crippen LogP contribution in [0.1, 0.15) is 17.2 Å². The van der Waals surface area contributed by atoms with Gasteiger partial charge in [-0.25, -0.2) is 4.39 Å². The van der Waals surface area contributed by atoms with E-state index in [-0.39, 0.29) is 36.9 Å². The highest BCUT2D eigenvalue weighted by Crippen LogP contribution is 2.33. The highest BCUT2D eigenvalue weighted by Gasteiger charge is 2.35. The maximum Gasteiger partial charge on any atom is 0.419 e. The molecule has 1 aromatic carbocycles. The van der Waals surface area contributed by atoms with Gasteiger partial charge in [-0.15, -0.1) is 24.8 Å². The molecule has 4 N–H and O–H groups in total. The molecule has 0 saturated heterocycles. The average Bonchev–Trinajstić information content (AvgIpc) is 2.15. The molecule has 0 spiro atoms. The van der Waals surface area contributed by atoms with E-state index in [1.807, 2.05) is 0 Å². The van der Waals surface area contributed by atoms with E-state index in [2.05, 4.69) is 0 Å². The van der Waals surface area contributed by atoms with Gasteiger partial charge in [-0.1, -0.05) is 12.1 Å². The summed E-state index contributed by atoms with van der Waals surface area (Å²) in [6, 6.07) is 2.05. The fraction of sp³-hybridized carbons (Fsp3) is 0.333. The summed E-state index contributed by atoms with van der Waals surface area (Å²) >= 11 is 0. The van der Waals surface area contributed by atoms with Crippen LogP contribution in [0, 0.1) is 5.82 Å². The van der Waals surface area contributed by atoms with Crippen molar-refractivity contribution >= 4 is 24.8 Å². The Hall–Kier alpha value is -0.560. The van der Waals surface area contributed by atoms with E-state index in [1.54, 1.807) is 0 Å². The van der Waals surface area contributed by atoms with Crippen LogP contribution in [-0.2, 0) is 6.18 Å². The second-order valence-corrected chi connectivity index (χ2v) is 3.05. The van der Waals surface area contributed by atoms with E-state index in [4.69, 9.17) is 11.5 Å². The normalized spacial score (nSPS) is 12.4. The maximum atomic E-state index is 13.4. The quantitative estimate of drug-likeness (QED) is 0.824. The molecular formula is C9H12Cl2F4N2. The van der Waals surface area contributed by atoms with Gasteiger partial charge in [0.15, 0.2) is 0 Å². The lowest BCUT2D eigenvalue weighted by molar-refractivity contribution is -0.140. The molecule has 100 valence electrons. The number of hydrogen-bond donors (Lipinski definition) is 2. The number of alkyl halides is 3. The van der Waals surface area contributed by atoms with E-state index in [0.717, 1.165) is 6.07 Å². The first-order valence-electron chi connectivity index (χ1n) is 4.19. The van der Waals surface area contributed by atoms with Crippen LogP contribution in [0.15, 0.2) is 18.2 Å². The number of halogens is 6. The van der Waals surface area contributed by atoms with Crippen molar-refractivity contribution in [3.8, 4) is 0 Å². The van der Waals surface area contributed by atoms with Gasteiger partial charge in [-0.05, 0) is 6.07 Å². The second kappa shape index (κ2) is 7.00. The van der Waals surface area contributed by atoms with Crippen molar-refractivity contribution in [2.45, 2.75) is 12.2 Å². The van der Waals surface area contributed by atoms with Gasteiger partial charge in [0.2, 0.25) is 0 Å². The smallest absolute Gasteiger partial charge is 0.329 e. The minimum absolute atomic E-state index is 0. The molecule has 0 aliphatic carbocycles. The highest BCUT2D eigenvalue weighted by atomic mass is 35.5. The lowest BCUT2D eigenvalue weighted by Crippen LogP contribution is -2.23. The van der Waals surface area contributed by atoms with Crippen LogP contribution in [0.2, 0.25) is 0 Å². The minimum Gasteiger partial charge on any atom is -0.329 e. The van der Waals surface area contributed by atoms with Gasteiger partial charge in [0, 0.05) is 18.2 Å². The lowest BCUT2D eigenvalue weighted by Gasteiger charge is -2.14. The Labute approximate surface area is 108 Å². The predicted octanol–water partition coefficient (Wildman–Crippen LogP) is 2.65. The SMILES string of the molecule is Cl.Cl.NC[C@@H](N)c1cccc(C(F)(F)F)c1F. The summed E-state index contributed by atoms with van der Waals surface area (Å²) in [5.41, 5.74) is 9.00. The van der Waals surface area contributed by atoms with Gasteiger partial charge < -0.3 is 11.5 Å². The highest BCUT2D eigenvalue weighted by molar-refractivity contribution is 5.85. The van der Waals surface area contributed by atoms with Gasteiger partial charge in [0.1, 0.15) is 5.82 Å². The summed E-state index contributed by atoms with van der Waals surface area (Å²) < 4.78 is 50.2. The summed E-state index contributed by atoms with van der Waals surface area (Å²) in [5.74, 6) is -1.34. The van der Waals surface area contributed by atoms with Crippen molar-refractivity contribution in [2.75, 3.05) is 6.54 Å². The second-order valence-electron chi connectivity index (χ2n) is 3.05. The Kier molecular flexibility index (Phi) is 7.74. The third kappa shape index (κ3) is 4.31. The van der Waals surface area contributed by atoms with Crippen molar-refractivity contribution in [1.82, 2.24) is 0 Å². The van der Waals surface area contributed by atoms with Crippen LogP contribution < -0.4 is 11.5 Å². The zero-order chi connectivity index (χ0) is 11.6. The lowest BCUT2D eigenvalue weighted by atomic mass is 10.0.